The van der Waals surface area contributed by atoms with Crippen molar-refractivity contribution in [3.63, 3.8) is 0 Å². The second-order valence-corrected chi connectivity index (χ2v) is 4.06. The third-order valence-electron chi connectivity index (χ3n) is 2.62. The Hall–Kier alpha value is -1.92. The molecule has 0 aliphatic rings. The lowest BCUT2D eigenvalue weighted by molar-refractivity contribution is -0.145. The first-order chi connectivity index (χ1) is 9.08. The van der Waals surface area contributed by atoms with Gasteiger partial charge in [0.05, 0.1) is 13.7 Å². The first kappa shape index (κ1) is 15.1. The van der Waals surface area contributed by atoms with Crippen LogP contribution in [0.4, 0.5) is 0 Å². The Balaban J connectivity index is 2.73. The van der Waals surface area contributed by atoms with Crippen molar-refractivity contribution in [2.24, 2.45) is 5.73 Å². The summed E-state index contributed by atoms with van der Waals surface area (Å²) in [5.41, 5.74) is 6.27. The van der Waals surface area contributed by atoms with Gasteiger partial charge in [0.2, 0.25) is 5.91 Å². The molecule has 0 heterocycles. The molecule has 0 fully saturated rings. The minimum Gasteiger partial charge on any atom is -0.467 e. The van der Waals surface area contributed by atoms with E-state index in [4.69, 9.17) is 10.8 Å². The van der Waals surface area contributed by atoms with Gasteiger partial charge in [0.15, 0.2) is 0 Å². The van der Waals surface area contributed by atoms with Gasteiger partial charge >= 0.3 is 5.97 Å². The van der Waals surface area contributed by atoms with E-state index in [1.54, 1.807) is 0 Å². The molecular weight excluding hydrogens is 248 g/mol. The van der Waals surface area contributed by atoms with E-state index in [-0.39, 0.29) is 0 Å². The topological polar surface area (TPSA) is 102 Å². The molecule has 0 aliphatic carbocycles. The van der Waals surface area contributed by atoms with Crippen LogP contribution in [0.2, 0.25) is 0 Å². The van der Waals surface area contributed by atoms with Crippen LogP contribution in [0.5, 0.6) is 0 Å². The van der Waals surface area contributed by atoms with Gasteiger partial charge in [0.25, 0.3) is 0 Å². The van der Waals surface area contributed by atoms with E-state index >= 15 is 0 Å². The summed E-state index contributed by atoms with van der Waals surface area (Å²) >= 11 is 0. The maximum Gasteiger partial charge on any atom is 0.328 e. The number of nitrogens with one attached hydrogen (secondary N) is 1. The van der Waals surface area contributed by atoms with Crippen LogP contribution in [-0.4, -0.2) is 42.8 Å². The maximum atomic E-state index is 11.6. The summed E-state index contributed by atoms with van der Waals surface area (Å²) in [5.74, 6) is -1.14. The van der Waals surface area contributed by atoms with Crippen molar-refractivity contribution in [1.82, 2.24) is 5.32 Å². The Morgan fingerprint density at radius 3 is 2.53 bits per heavy atom. The third kappa shape index (κ3) is 4.69. The summed E-state index contributed by atoms with van der Waals surface area (Å²) in [6, 6.07) is 7.34. The van der Waals surface area contributed by atoms with Crippen molar-refractivity contribution in [2.45, 2.75) is 18.5 Å². The van der Waals surface area contributed by atoms with Crippen LogP contribution in [0.15, 0.2) is 30.3 Å². The van der Waals surface area contributed by atoms with Crippen molar-refractivity contribution in [1.29, 1.82) is 0 Å². The van der Waals surface area contributed by atoms with E-state index in [1.165, 1.54) is 7.11 Å². The minimum atomic E-state index is -1.05. The number of rotatable bonds is 6. The number of ether oxygens (including phenoxy) is 1. The predicted molar refractivity (Wildman–Crippen MR) is 69.2 cm³/mol. The normalized spacial score (nSPS) is 13.4. The molecule has 19 heavy (non-hydrogen) atoms. The molecule has 0 bridgehead atoms. The van der Waals surface area contributed by atoms with Gasteiger partial charge in [-0.05, 0) is 5.56 Å². The number of amides is 1. The van der Waals surface area contributed by atoms with Gasteiger partial charge in [0.1, 0.15) is 12.1 Å². The van der Waals surface area contributed by atoms with Crippen LogP contribution in [0.3, 0.4) is 0 Å². The molecule has 104 valence electrons. The first-order valence-electron chi connectivity index (χ1n) is 5.87. The molecule has 1 aromatic carbocycles. The summed E-state index contributed by atoms with van der Waals surface area (Å²) in [4.78, 5) is 23.2. The number of carbonyl (C=O) groups excluding carboxylic acids is 2. The van der Waals surface area contributed by atoms with E-state index in [1.807, 2.05) is 30.3 Å². The standard InChI is InChI=1S/C13H18N2O4/c1-19-13(18)11(15-12(17)10(14)8-16)7-9-5-3-2-4-6-9/h2-6,10-11,16H,7-8,14H2,1H3,(H,15,17)/t10-,11+/m1/s1. The predicted octanol–water partition coefficient (Wildman–Crippen LogP) is -0.793. The number of hydrogen-bond donors (Lipinski definition) is 3. The molecule has 0 saturated carbocycles. The highest BCUT2D eigenvalue weighted by atomic mass is 16.5. The number of carbonyl (C=O) groups is 2. The largest absolute Gasteiger partial charge is 0.467 e. The first-order valence-corrected chi connectivity index (χ1v) is 5.87. The van der Waals surface area contributed by atoms with E-state index in [0.717, 1.165) is 5.56 Å². The van der Waals surface area contributed by atoms with E-state index in [2.05, 4.69) is 10.1 Å². The molecule has 0 spiro atoms. The Morgan fingerprint density at radius 1 is 1.37 bits per heavy atom. The van der Waals surface area contributed by atoms with Gasteiger partial charge in [-0.3, -0.25) is 4.79 Å². The Labute approximate surface area is 111 Å². The van der Waals surface area contributed by atoms with Crippen LogP contribution in [0, 0.1) is 0 Å². The molecule has 2 atom stereocenters. The monoisotopic (exact) mass is 266 g/mol. The number of aliphatic hydroxyl groups is 1. The molecule has 1 aromatic rings. The number of nitrogens with two attached hydrogens (primary N) is 1. The molecule has 6 nitrogen and oxygen atoms in total. The molecule has 1 rings (SSSR count). The fourth-order valence-electron chi connectivity index (χ4n) is 1.55. The summed E-state index contributed by atoms with van der Waals surface area (Å²) in [6.45, 7) is -0.481. The highest BCUT2D eigenvalue weighted by molar-refractivity contribution is 5.87. The number of benzene rings is 1. The summed E-state index contributed by atoms with van der Waals surface area (Å²) in [7, 11) is 1.25. The van der Waals surface area contributed by atoms with Crippen molar-refractivity contribution < 1.29 is 19.4 Å². The van der Waals surface area contributed by atoms with Gasteiger partial charge in [0, 0.05) is 6.42 Å². The zero-order valence-corrected chi connectivity index (χ0v) is 10.7. The van der Waals surface area contributed by atoms with Crippen molar-refractivity contribution in [3.05, 3.63) is 35.9 Å². The van der Waals surface area contributed by atoms with Gasteiger partial charge in [-0.15, -0.1) is 0 Å². The molecular formula is C13H18N2O4. The number of esters is 1. The maximum absolute atomic E-state index is 11.6. The Kier molecular flexibility index (Phi) is 5.98. The molecule has 6 heteroatoms. The fraction of sp³-hybridized carbons (Fsp3) is 0.385. The van der Waals surface area contributed by atoms with Crippen LogP contribution >= 0.6 is 0 Å². The number of aliphatic hydroxyl groups excluding tert-OH is 1. The Morgan fingerprint density at radius 2 is 2.00 bits per heavy atom. The van der Waals surface area contributed by atoms with E-state index in [0.29, 0.717) is 6.42 Å². The SMILES string of the molecule is COC(=O)[C@H](Cc1ccccc1)NC(=O)[C@H](N)CO. The van der Waals surface area contributed by atoms with Crippen LogP contribution in [-0.2, 0) is 20.7 Å². The Bertz CT molecular complexity index is 422. The third-order valence-corrected chi connectivity index (χ3v) is 2.62. The van der Waals surface area contributed by atoms with Crippen LogP contribution < -0.4 is 11.1 Å². The summed E-state index contributed by atoms with van der Waals surface area (Å²) in [6.07, 6.45) is 0.303. The second kappa shape index (κ2) is 7.50. The highest BCUT2D eigenvalue weighted by Gasteiger charge is 2.24. The average Bonchev–Trinajstić information content (AvgIpc) is 2.45. The minimum absolute atomic E-state index is 0.303. The van der Waals surface area contributed by atoms with Gasteiger partial charge < -0.3 is 20.9 Å². The molecule has 4 N–H and O–H groups in total. The lowest BCUT2D eigenvalue weighted by Crippen LogP contribution is -2.50. The summed E-state index contributed by atoms with van der Waals surface area (Å²) in [5, 5.41) is 11.3. The fourth-order valence-corrected chi connectivity index (χ4v) is 1.55. The van der Waals surface area contributed by atoms with E-state index < -0.39 is 30.6 Å². The summed E-state index contributed by atoms with van der Waals surface area (Å²) < 4.78 is 4.64. The van der Waals surface area contributed by atoms with Crippen molar-refractivity contribution in [2.75, 3.05) is 13.7 Å². The molecule has 0 unspecified atom stereocenters. The molecule has 1 amide bonds. The lowest BCUT2D eigenvalue weighted by Gasteiger charge is -2.18. The zero-order chi connectivity index (χ0) is 14.3. The molecule has 0 saturated heterocycles. The lowest BCUT2D eigenvalue weighted by atomic mass is 10.1. The smallest absolute Gasteiger partial charge is 0.328 e. The molecule has 0 aromatic heterocycles. The van der Waals surface area contributed by atoms with Crippen molar-refractivity contribution in [3.8, 4) is 0 Å². The van der Waals surface area contributed by atoms with E-state index in [9.17, 15) is 9.59 Å². The van der Waals surface area contributed by atoms with Crippen LogP contribution in [0.25, 0.3) is 0 Å². The van der Waals surface area contributed by atoms with Gasteiger partial charge in [-0.25, -0.2) is 4.79 Å². The second-order valence-electron chi connectivity index (χ2n) is 4.06. The highest BCUT2D eigenvalue weighted by Crippen LogP contribution is 2.04. The van der Waals surface area contributed by atoms with Crippen LogP contribution in [0.1, 0.15) is 5.56 Å². The molecule has 0 radical (unpaired) electrons. The quantitative estimate of drug-likeness (QED) is 0.585. The number of methoxy groups -OCH3 is 1. The van der Waals surface area contributed by atoms with Gasteiger partial charge in [-0.2, -0.15) is 0 Å². The molecule has 0 aliphatic heterocycles. The zero-order valence-electron chi connectivity index (χ0n) is 10.7. The van der Waals surface area contributed by atoms with Gasteiger partial charge in [-0.1, -0.05) is 30.3 Å². The number of hydrogen-bond acceptors (Lipinski definition) is 5. The van der Waals surface area contributed by atoms with Crippen molar-refractivity contribution >= 4 is 11.9 Å². The average molecular weight is 266 g/mol.